The number of hydrogen-bond acceptors (Lipinski definition) is 2. The zero-order chi connectivity index (χ0) is 24.0. The molecule has 0 saturated carbocycles. The summed E-state index contributed by atoms with van der Waals surface area (Å²) in [7, 11) is 3.83. The van der Waals surface area contributed by atoms with Crippen LogP contribution in [0, 0.1) is 16.2 Å². The Morgan fingerprint density at radius 3 is 1.06 bits per heavy atom. The topological polar surface area (TPSA) is 18.5 Å². The fourth-order valence-electron chi connectivity index (χ4n) is 5.40. The van der Waals surface area contributed by atoms with Gasteiger partial charge >= 0.3 is 0 Å². The number of unbranched alkanes of at least 4 members (excludes halogenated alkanes) is 10. The van der Waals surface area contributed by atoms with E-state index in [0.29, 0.717) is 0 Å². The van der Waals surface area contributed by atoms with Gasteiger partial charge in [0.1, 0.15) is 0 Å². The minimum Gasteiger partial charge on any atom is -0.381 e. The van der Waals surface area contributed by atoms with Crippen molar-refractivity contribution < 1.29 is 9.47 Å². The Morgan fingerprint density at radius 1 is 0.484 bits per heavy atom. The van der Waals surface area contributed by atoms with Gasteiger partial charge in [0.05, 0.1) is 12.2 Å². The smallest absolute Gasteiger partial charge is 0.0627 e. The molecule has 0 fully saturated rings. The molecule has 0 aliphatic heterocycles. The van der Waals surface area contributed by atoms with E-state index in [9.17, 15) is 0 Å². The maximum Gasteiger partial charge on any atom is 0.0627 e. The van der Waals surface area contributed by atoms with Gasteiger partial charge in [0, 0.05) is 14.2 Å². The van der Waals surface area contributed by atoms with Crippen molar-refractivity contribution in [3.05, 3.63) is 0 Å². The number of hydrogen-bond donors (Lipinski definition) is 0. The van der Waals surface area contributed by atoms with Crippen molar-refractivity contribution in [2.24, 2.45) is 16.2 Å². The highest BCUT2D eigenvalue weighted by Crippen LogP contribution is 2.56. The molecular formula is C29H60O2. The summed E-state index contributed by atoms with van der Waals surface area (Å²) in [5.41, 5.74) is 0.199. The Bertz CT molecular complexity index is 386. The molecule has 0 rings (SSSR count). The molecule has 2 unspecified atom stereocenters. The van der Waals surface area contributed by atoms with E-state index in [1.165, 1.54) is 77.0 Å². The first-order valence-corrected chi connectivity index (χ1v) is 13.6. The Labute approximate surface area is 197 Å². The largest absolute Gasteiger partial charge is 0.381 e. The third kappa shape index (κ3) is 9.36. The number of rotatable bonds is 20. The lowest BCUT2D eigenvalue weighted by atomic mass is 9.50. The van der Waals surface area contributed by atoms with Gasteiger partial charge in [0.25, 0.3) is 0 Å². The highest BCUT2D eigenvalue weighted by molar-refractivity contribution is 5.03. The first kappa shape index (κ1) is 30.9. The van der Waals surface area contributed by atoms with Gasteiger partial charge < -0.3 is 9.47 Å². The second-order valence-corrected chi connectivity index (χ2v) is 11.6. The standard InChI is InChI=1S/C29H60O2/c1-11-13-15-17-19-21-23-25(30-9)27(3,4)29(7,8)28(5,6)26(31-10)24-22-20-18-16-14-12-2/h25-26H,11-24H2,1-10H3. The molecule has 0 spiro atoms. The van der Waals surface area contributed by atoms with Crippen molar-refractivity contribution in [1.29, 1.82) is 0 Å². The van der Waals surface area contributed by atoms with Crippen LogP contribution in [0.3, 0.4) is 0 Å². The van der Waals surface area contributed by atoms with Gasteiger partial charge in [-0.15, -0.1) is 0 Å². The molecule has 2 heteroatoms. The van der Waals surface area contributed by atoms with Crippen LogP contribution in [-0.4, -0.2) is 26.4 Å². The first-order chi connectivity index (χ1) is 14.5. The molecule has 31 heavy (non-hydrogen) atoms. The maximum absolute atomic E-state index is 6.13. The molecule has 188 valence electrons. The van der Waals surface area contributed by atoms with Crippen LogP contribution in [0.2, 0.25) is 0 Å². The quantitative estimate of drug-likeness (QED) is 0.175. The molecule has 2 atom stereocenters. The average Bonchev–Trinajstić information content (AvgIpc) is 2.72. The second kappa shape index (κ2) is 15.7. The van der Waals surface area contributed by atoms with Crippen molar-refractivity contribution >= 4 is 0 Å². The third-order valence-electron chi connectivity index (χ3n) is 9.04. The molecule has 0 amide bonds. The lowest BCUT2D eigenvalue weighted by Gasteiger charge is -2.57. The van der Waals surface area contributed by atoms with Crippen LogP contribution in [0.4, 0.5) is 0 Å². The number of ether oxygens (including phenoxy) is 2. The van der Waals surface area contributed by atoms with E-state index in [1.54, 1.807) is 0 Å². The zero-order valence-corrected chi connectivity index (χ0v) is 23.4. The Balaban J connectivity index is 5.03. The molecule has 0 saturated heterocycles. The summed E-state index contributed by atoms with van der Waals surface area (Å²) in [5, 5.41) is 0. The van der Waals surface area contributed by atoms with E-state index >= 15 is 0 Å². The Kier molecular flexibility index (Phi) is 15.7. The molecule has 0 aliphatic rings. The minimum atomic E-state index is 0.0621. The summed E-state index contributed by atoms with van der Waals surface area (Å²) >= 11 is 0. The second-order valence-electron chi connectivity index (χ2n) is 11.6. The molecule has 0 aliphatic carbocycles. The lowest BCUT2D eigenvalue weighted by molar-refractivity contribution is -0.157. The van der Waals surface area contributed by atoms with Crippen molar-refractivity contribution in [2.45, 2.75) is 157 Å². The summed E-state index contributed by atoms with van der Waals surface area (Å²) in [6.45, 7) is 19.2. The van der Waals surface area contributed by atoms with Gasteiger partial charge in [-0.25, -0.2) is 0 Å². The maximum atomic E-state index is 6.13. The van der Waals surface area contributed by atoms with E-state index in [1.807, 2.05) is 14.2 Å². The summed E-state index contributed by atoms with van der Waals surface area (Å²) < 4.78 is 12.3. The summed E-state index contributed by atoms with van der Waals surface area (Å²) in [5.74, 6) is 0. The van der Waals surface area contributed by atoms with Crippen LogP contribution in [-0.2, 0) is 9.47 Å². The predicted molar refractivity (Wildman–Crippen MR) is 139 cm³/mol. The molecule has 0 radical (unpaired) electrons. The predicted octanol–water partition coefficient (Wildman–Crippen LogP) is 9.60. The van der Waals surface area contributed by atoms with E-state index in [0.717, 1.165) is 12.8 Å². The van der Waals surface area contributed by atoms with E-state index in [4.69, 9.17) is 9.47 Å². The van der Waals surface area contributed by atoms with E-state index < -0.39 is 0 Å². The monoisotopic (exact) mass is 440 g/mol. The van der Waals surface area contributed by atoms with E-state index in [2.05, 4.69) is 55.4 Å². The highest BCUT2D eigenvalue weighted by atomic mass is 16.5. The van der Waals surface area contributed by atoms with Crippen molar-refractivity contribution in [2.75, 3.05) is 14.2 Å². The van der Waals surface area contributed by atoms with Crippen LogP contribution < -0.4 is 0 Å². The van der Waals surface area contributed by atoms with Crippen LogP contribution in [0.1, 0.15) is 145 Å². The Hall–Kier alpha value is -0.0800. The molecule has 0 aromatic rings. The van der Waals surface area contributed by atoms with Crippen LogP contribution in [0.15, 0.2) is 0 Å². The van der Waals surface area contributed by atoms with Crippen molar-refractivity contribution in [3.63, 3.8) is 0 Å². The van der Waals surface area contributed by atoms with Gasteiger partial charge in [-0.05, 0) is 29.1 Å². The summed E-state index contributed by atoms with van der Waals surface area (Å²) in [6.07, 6.45) is 18.9. The summed E-state index contributed by atoms with van der Waals surface area (Å²) in [4.78, 5) is 0. The first-order valence-electron chi connectivity index (χ1n) is 13.6. The third-order valence-corrected chi connectivity index (χ3v) is 9.04. The molecule has 0 aromatic heterocycles. The molecule has 0 heterocycles. The zero-order valence-electron chi connectivity index (χ0n) is 23.4. The minimum absolute atomic E-state index is 0.0621. The van der Waals surface area contributed by atoms with Crippen LogP contribution in [0.5, 0.6) is 0 Å². The highest BCUT2D eigenvalue weighted by Gasteiger charge is 2.54. The van der Waals surface area contributed by atoms with E-state index in [-0.39, 0.29) is 28.5 Å². The van der Waals surface area contributed by atoms with Gasteiger partial charge in [-0.1, -0.05) is 132 Å². The average molecular weight is 441 g/mol. The SMILES string of the molecule is CCCCCCCCC(OC)C(C)(C)C(C)(C)C(C)(C)C(CCCCCCCC)OC. The lowest BCUT2D eigenvalue weighted by Crippen LogP contribution is -2.55. The van der Waals surface area contributed by atoms with Gasteiger partial charge in [-0.3, -0.25) is 0 Å². The number of methoxy groups -OCH3 is 2. The molecule has 0 bridgehead atoms. The summed E-state index contributed by atoms with van der Waals surface area (Å²) in [6, 6.07) is 0. The van der Waals surface area contributed by atoms with Crippen LogP contribution in [0.25, 0.3) is 0 Å². The van der Waals surface area contributed by atoms with Crippen molar-refractivity contribution in [1.82, 2.24) is 0 Å². The Morgan fingerprint density at radius 2 is 0.774 bits per heavy atom. The molecule has 0 N–H and O–H groups in total. The normalized spacial score (nSPS) is 15.3. The fourth-order valence-corrected chi connectivity index (χ4v) is 5.40. The fraction of sp³-hybridized carbons (Fsp3) is 1.00. The van der Waals surface area contributed by atoms with Gasteiger partial charge in [0.2, 0.25) is 0 Å². The van der Waals surface area contributed by atoms with Crippen LogP contribution >= 0.6 is 0 Å². The van der Waals surface area contributed by atoms with Gasteiger partial charge in [-0.2, -0.15) is 0 Å². The van der Waals surface area contributed by atoms with Gasteiger partial charge in [0.15, 0.2) is 0 Å². The molecular weight excluding hydrogens is 380 g/mol. The molecule has 0 aromatic carbocycles. The molecule has 2 nitrogen and oxygen atoms in total. The van der Waals surface area contributed by atoms with Crippen molar-refractivity contribution in [3.8, 4) is 0 Å².